The van der Waals surface area contributed by atoms with E-state index in [2.05, 4.69) is 20.3 Å². The molecule has 0 aliphatic carbocycles. The molecule has 0 saturated carbocycles. The molecule has 0 bridgehead atoms. The molecule has 1 unspecified atom stereocenters. The third-order valence-electron chi connectivity index (χ3n) is 4.97. The van der Waals surface area contributed by atoms with Crippen LogP contribution in [0.15, 0.2) is 54.7 Å². The molecule has 7 heteroatoms. The maximum atomic E-state index is 12.8. The fraction of sp³-hybridized carbons (Fsp3) is 0.286. The Morgan fingerprint density at radius 3 is 2.89 bits per heavy atom. The number of aryl methyl sites for hydroxylation is 1. The van der Waals surface area contributed by atoms with Crippen LogP contribution in [0.1, 0.15) is 16.9 Å². The predicted molar refractivity (Wildman–Crippen MR) is 108 cm³/mol. The third kappa shape index (κ3) is 3.69. The number of methoxy groups -OCH3 is 1. The predicted octanol–water partition coefficient (Wildman–Crippen LogP) is 2.50. The van der Waals surface area contributed by atoms with Crippen molar-refractivity contribution in [3.63, 3.8) is 0 Å². The van der Waals surface area contributed by atoms with Crippen LogP contribution in [0.3, 0.4) is 0 Å². The number of carbonyl (C=O) groups excluding carboxylic acids is 1. The molecule has 7 nitrogen and oxygen atoms in total. The molecule has 1 aromatic carbocycles. The van der Waals surface area contributed by atoms with E-state index < -0.39 is 0 Å². The number of anilines is 1. The van der Waals surface area contributed by atoms with E-state index in [0.717, 1.165) is 42.3 Å². The van der Waals surface area contributed by atoms with Crippen molar-refractivity contribution in [1.29, 1.82) is 0 Å². The molecule has 2 aromatic heterocycles. The second-order valence-electron chi connectivity index (χ2n) is 6.86. The zero-order chi connectivity index (χ0) is 19.5. The van der Waals surface area contributed by atoms with Gasteiger partial charge in [0.2, 0.25) is 0 Å². The van der Waals surface area contributed by atoms with Gasteiger partial charge in [-0.2, -0.15) is 5.10 Å². The van der Waals surface area contributed by atoms with Crippen LogP contribution in [0.4, 0.5) is 5.82 Å². The maximum Gasteiger partial charge on any atom is 0.269 e. The highest BCUT2D eigenvalue weighted by atomic mass is 16.5. The molecule has 0 spiro atoms. The fourth-order valence-electron chi connectivity index (χ4n) is 3.49. The Balaban J connectivity index is 1.45. The fourth-order valence-corrected chi connectivity index (χ4v) is 3.49. The van der Waals surface area contributed by atoms with Crippen LogP contribution in [-0.4, -0.2) is 46.9 Å². The molecule has 1 saturated heterocycles. The van der Waals surface area contributed by atoms with Gasteiger partial charge in [0.15, 0.2) is 0 Å². The highest BCUT2D eigenvalue weighted by molar-refractivity contribution is 5.94. The van der Waals surface area contributed by atoms with E-state index in [1.165, 1.54) is 0 Å². The van der Waals surface area contributed by atoms with Gasteiger partial charge in [-0.15, -0.1) is 0 Å². The minimum Gasteiger partial charge on any atom is -0.497 e. The summed E-state index contributed by atoms with van der Waals surface area (Å²) in [4.78, 5) is 19.4. The first kappa shape index (κ1) is 18.0. The number of pyridine rings is 1. The Kier molecular flexibility index (Phi) is 4.97. The molecule has 4 rings (SSSR count). The maximum absolute atomic E-state index is 12.8. The number of carbonyl (C=O) groups is 1. The van der Waals surface area contributed by atoms with E-state index in [0.29, 0.717) is 5.69 Å². The zero-order valence-corrected chi connectivity index (χ0v) is 16.0. The number of rotatable bonds is 5. The van der Waals surface area contributed by atoms with Gasteiger partial charge in [0.25, 0.3) is 5.91 Å². The summed E-state index contributed by atoms with van der Waals surface area (Å²) in [5.41, 5.74) is 2.19. The van der Waals surface area contributed by atoms with Crippen LogP contribution in [0.25, 0.3) is 11.3 Å². The second-order valence-corrected chi connectivity index (χ2v) is 6.86. The van der Waals surface area contributed by atoms with Crippen LogP contribution < -0.4 is 15.0 Å². The Morgan fingerprint density at radius 2 is 2.11 bits per heavy atom. The van der Waals surface area contributed by atoms with E-state index in [1.54, 1.807) is 25.0 Å². The first-order valence-corrected chi connectivity index (χ1v) is 9.29. The third-order valence-corrected chi connectivity index (χ3v) is 4.97. The average Bonchev–Trinajstić information content (AvgIpc) is 3.35. The molecule has 1 amide bonds. The van der Waals surface area contributed by atoms with Crippen molar-refractivity contribution in [1.82, 2.24) is 20.1 Å². The molecular formula is C21H23N5O2. The second kappa shape index (κ2) is 7.72. The van der Waals surface area contributed by atoms with E-state index in [9.17, 15) is 4.79 Å². The summed E-state index contributed by atoms with van der Waals surface area (Å²) >= 11 is 0. The van der Waals surface area contributed by atoms with Crippen molar-refractivity contribution in [3.05, 3.63) is 60.4 Å². The molecule has 144 valence electrons. The lowest BCUT2D eigenvalue weighted by molar-refractivity contribution is 0.0931. The first-order valence-electron chi connectivity index (χ1n) is 9.29. The molecule has 3 aromatic rings. The molecule has 0 radical (unpaired) electrons. The number of benzene rings is 1. The van der Waals surface area contributed by atoms with Gasteiger partial charge in [-0.25, -0.2) is 4.98 Å². The number of nitrogens with one attached hydrogen (secondary N) is 1. The normalized spacial score (nSPS) is 16.2. The minimum atomic E-state index is -0.114. The van der Waals surface area contributed by atoms with Gasteiger partial charge in [0.05, 0.1) is 12.8 Å². The molecule has 1 fully saturated rings. The van der Waals surface area contributed by atoms with E-state index in [-0.39, 0.29) is 11.9 Å². The van der Waals surface area contributed by atoms with Gasteiger partial charge in [0, 0.05) is 37.9 Å². The van der Waals surface area contributed by atoms with Gasteiger partial charge in [0.1, 0.15) is 17.3 Å². The molecule has 1 aliphatic rings. The topological polar surface area (TPSA) is 72.3 Å². The van der Waals surface area contributed by atoms with Crippen LogP contribution in [0.2, 0.25) is 0 Å². The number of ether oxygens (including phenoxy) is 1. The molecule has 1 aliphatic heterocycles. The van der Waals surface area contributed by atoms with Crippen molar-refractivity contribution in [3.8, 4) is 17.0 Å². The smallest absolute Gasteiger partial charge is 0.269 e. The van der Waals surface area contributed by atoms with Gasteiger partial charge >= 0.3 is 0 Å². The molecule has 28 heavy (non-hydrogen) atoms. The molecule has 3 heterocycles. The van der Waals surface area contributed by atoms with Crippen LogP contribution >= 0.6 is 0 Å². The van der Waals surface area contributed by atoms with Gasteiger partial charge in [-0.1, -0.05) is 18.2 Å². The summed E-state index contributed by atoms with van der Waals surface area (Å²) in [7, 11) is 3.42. The molecular weight excluding hydrogens is 354 g/mol. The summed E-state index contributed by atoms with van der Waals surface area (Å²) in [5, 5.41) is 7.62. The van der Waals surface area contributed by atoms with Crippen LogP contribution in [0.5, 0.6) is 5.75 Å². The lowest BCUT2D eigenvalue weighted by Crippen LogP contribution is -2.38. The van der Waals surface area contributed by atoms with E-state index in [4.69, 9.17) is 4.74 Å². The lowest BCUT2D eigenvalue weighted by atomic mass is 10.1. The number of hydrogen-bond acceptors (Lipinski definition) is 5. The highest BCUT2D eigenvalue weighted by Crippen LogP contribution is 2.24. The first-order chi connectivity index (χ1) is 13.6. The number of aromatic nitrogens is 3. The number of nitrogens with zero attached hydrogens (tertiary/aromatic N) is 4. The van der Waals surface area contributed by atoms with Crippen molar-refractivity contribution in [2.75, 3.05) is 25.1 Å². The Hall–Kier alpha value is -3.35. The number of amides is 1. The number of hydrogen-bond donors (Lipinski definition) is 1. The molecule has 1 atom stereocenters. The van der Waals surface area contributed by atoms with Crippen LogP contribution in [0, 0.1) is 0 Å². The Labute approximate surface area is 164 Å². The zero-order valence-electron chi connectivity index (χ0n) is 16.0. The SMILES string of the molecule is COc1cccc(-c2cc(C(=O)NC3CCN(c4ccccn4)C3)n(C)n2)c1. The van der Waals surface area contributed by atoms with Crippen LogP contribution in [-0.2, 0) is 7.05 Å². The monoisotopic (exact) mass is 377 g/mol. The summed E-state index contributed by atoms with van der Waals surface area (Å²) < 4.78 is 6.89. The summed E-state index contributed by atoms with van der Waals surface area (Å²) in [5.74, 6) is 1.59. The Bertz CT molecular complexity index is 970. The van der Waals surface area contributed by atoms with E-state index >= 15 is 0 Å². The highest BCUT2D eigenvalue weighted by Gasteiger charge is 2.26. The van der Waals surface area contributed by atoms with E-state index in [1.807, 2.05) is 48.5 Å². The van der Waals surface area contributed by atoms with Crippen molar-refractivity contribution in [2.45, 2.75) is 12.5 Å². The molecule has 1 N–H and O–H groups in total. The van der Waals surface area contributed by atoms with Gasteiger partial charge < -0.3 is 15.0 Å². The summed E-state index contributed by atoms with van der Waals surface area (Å²) in [6.07, 6.45) is 2.68. The summed E-state index contributed by atoms with van der Waals surface area (Å²) in [6.45, 7) is 1.63. The standard InChI is InChI=1S/C21H23N5O2/c1-25-19(13-18(24-25)15-6-5-7-17(12-15)28-2)21(27)23-16-9-11-26(14-16)20-8-3-4-10-22-20/h3-8,10,12-13,16H,9,11,14H2,1-2H3,(H,23,27). The quantitative estimate of drug-likeness (QED) is 0.740. The lowest BCUT2D eigenvalue weighted by Gasteiger charge is -2.17. The van der Waals surface area contributed by atoms with Gasteiger partial charge in [-0.05, 0) is 36.8 Å². The largest absolute Gasteiger partial charge is 0.497 e. The van der Waals surface area contributed by atoms with Crippen molar-refractivity contribution in [2.24, 2.45) is 7.05 Å². The Morgan fingerprint density at radius 1 is 1.21 bits per heavy atom. The van der Waals surface area contributed by atoms with Crippen molar-refractivity contribution >= 4 is 11.7 Å². The minimum absolute atomic E-state index is 0.0877. The average molecular weight is 377 g/mol. The van der Waals surface area contributed by atoms with Gasteiger partial charge in [-0.3, -0.25) is 9.48 Å². The summed E-state index contributed by atoms with van der Waals surface area (Å²) in [6, 6.07) is 15.4. The van der Waals surface area contributed by atoms with Crippen molar-refractivity contribution < 1.29 is 9.53 Å².